The van der Waals surface area contributed by atoms with E-state index in [1.807, 2.05) is 0 Å². The summed E-state index contributed by atoms with van der Waals surface area (Å²) in [5.74, 6) is 0.472. The predicted octanol–water partition coefficient (Wildman–Crippen LogP) is 3.74. The Morgan fingerprint density at radius 3 is 2.79 bits per heavy atom. The lowest BCUT2D eigenvalue weighted by Gasteiger charge is -2.12. The van der Waals surface area contributed by atoms with Gasteiger partial charge in [0, 0.05) is 20.3 Å². The van der Waals surface area contributed by atoms with Crippen molar-refractivity contribution in [1.29, 1.82) is 0 Å². The maximum atomic E-state index is 12.8. The number of ether oxygens (including phenoxy) is 1. The van der Waals surface area contributed by atoms with Crippen molar-refractivity contribution in [2.24, 2.45) is 0 Å². The molecule has 0 amide bonds. The first-order valence-electron chi connectivity index (χ1n) is 6.96. The average Bonchev–Trinajstić information content (AvgIpc) is 2.53. The first-order valence-corrected chi connectivity index (χ1v) is 7.34. The van der Waals surface area contributed by atoms with Gasteiger partial charge in [0.2, 0.25) is 5.95 Å². The quantitative estimate of drug-likeness (QED) is 0.732. The number of nitrogens with zero attached hydrogens (tertiary/aromatic N) is 3. The van der Waals surface area contributed by atoms with E-state index in [1.165, 1.54) is 12.3 Å². The van der Waals surface area contributed by atoms with E-state index in [-0.39, 0.29) is 22.5 Å². The highest BCUT2D eigenvalue weighted by atomic mass is 35.5. The van der Waals surface area contributed by atoms with E-state index in [4.69, 9.17) is 16.3 Å². The van der Waals surface area contributed by atoms with Crippen LogP contribution < -0.4 is 10.6 Å². The number of alkyl halides is 3. The zero-order valence-electron chi connectivity index (χ0n) is 12.7. The second-order valence-corrected chi connectivity index (χ2v) is 5.16. The summed E-state index contributed by atoms with van der Waals surface area (Å²) in [5, 5.41) is 13.3. The molecule has 0 saturated carbocycles. The van der Waals surface area contributed by atoms with Crippen LogP contribution >= 0.6 is 11.6 Å². The lowest BCUT2D eigenvalue weighted by Crippen LogP contribution is -2.10. The Morgan fingerprint density at radius 2 is 2.08 bits per heavy atom. The Kier molecular flexibility index (Phi) is 6.16. The van der Waals surface area contributed by atoms with E-state index >= 15 is 0 Å². The predicted molar refractivity (Wildman–Crippen MR) is 84.5 cm³/mol. The average molecular weight is 362 g/mol. The zero-order valence-corrected chi connectivity index (χ0v) is 13.4. The SMILES string of the molecule is COCCCNc1nncc(Nc2cc(C(F)(F)F)ccc2Cl)n1. The van der Waals surface area contributed by atoms with E-state index < -0.39 is 11.7 Å². The molecule has 0 unspecified atom stereocenters. The van der Waals surface area contributed by atoms with E-state index in [0.717, 1.165) is 18.6 Å². The third kappa shape index (κ3) is 5.20. The number of aromatic nitrogens is 3. The molecule has 1 heterocycles. The summed E-state index contributed by atoms with van der Waals surface area (Å²) in [4.78, 5) is 4.12. The minimum absolute atomic E-state index is 0.0809. The fourth-order valence-electron chi connectivity index (χ4n) is 1.79. The number of methoxy groups -OCH3 is 1. The summed E-state index contributed by atoms with van der Waals surface area (Å²) in [6, 6.07) is 3.00. The van der Waals surface area contributed by atoms with Gasteiger partial charge in [0.05, 0.1) is 22.5 Å². The Bertz CT molecular complexity index is 684. The Labute approximate surface area is 141 Å². The van der Waals surface area contributed by atoms with Gasteiger partial charge >= 0.3 is 6.18 Å². The van der Waals surface area contributed by atoms with Gasteiger partial charge in [-0.1, -0.05) is 11.6 Å². The van der Waals surface area contributed by atoms with Crippen LogP contribution in [-0.2, 0) is 10.9 Å². The molecule has 0 atom stereocenters. The molecule has 2 aromatic rings. The van der Waals surface area contributed by atoms with Gasteiger partial charge in [0.25, 0.3) is 0 Å². The van der Waals surface area contributed by atoms with Crippen molar-refractivity contribution in [1.82, 2.24) is 15.2 Å². The standard InChI is InChI=1S/C14H15ClF3N5O/c1-24-6-2-5-19-13-22-12(8-20-23-13)21-11-7-9(14(16,17)18)3-4-10(11)15/h3-4,7-8H,2,5-6H2,1H3,(H2,19,21,22,23). The molecule has 130 valence electrons. The lowest BCUT2D eigenvalue weighted by atomic mass is 10.2. The number of hydrogen-bond acceptors (Lipinski definition) is 6. The van der Waals surface area contributed by atoms with E-state index in [9.17, 15) is 13.2 Å². The molecule has 0 spiro atoms. The van der Waals surface area contributed by atoms with E-state index in [1.54, 1.807) is 7.11 Å². The van der Waals surface area contributed by atoms with Gasteiger partial charge in [-0.2, -0.15) is 23.3 Å². The number of anilines is 3. The Morgan fingerprint density at radius 1 is 1.29 bits per heavy atom. The number of hydrogen-bond donors (Lipinski definition) is 2. The zero-order chi connectivity index (χ0) is 17.6. The van der Waals surface area contributed by atoms with Crippen molar-refractivity contribution >= 4 is 29.1 Å². The molecule has 0 fully saturated rings. The van der Waals surface area contributed by atoms with Gasteiger partial charge < -0.3 is 15.4 Å². The van der Waals surface area contributed by atoms with Crippen LogP contribution in [0.4, 0.5) is 30.6 Å². The Hall–Kier alpha value is -2.13. The summed E-state index contributed by atoms with van der Waals surface area (Å²) in [6.45, 7) is 1.15. The molecule has 6 nitrogen and oxygen atoms in total. The van der Waals surface area contributed by atoms with Crippen LogP contribution in [0.1, 0.15) is 12.0 Å². The number of benzene rings is 1. The molecule has 0 radical (unpaired) electrons. The fraction of sp³-hybridized carbons (Fsp3) is 0.357. The topological polar surface area (TPSA) is 72.0 Å². The highest BCUT2D eigenvalue weighted by Gasteiger charge is 2.31. The summed E-state index contributed by atoms with van der Waals surface area (Å²) >= 11 is 5.93. The number of nitrogens with one attached hydrogen (secondary N) is 2. The fourth-order valence-corrected chi connectivity index (χ4v) is 1.96. The highest BCUT2D eigenvalue weighted by molar-refractivity contribution is 6.33. The van der Waals surface area contributed by atoms with Crippen LogP contribution in [0, 0.1) is 0 Å². The largest absolute Gasteiger partial charge is 0.416 e. The van der Waals surface area contributed by atoms with Gasteiger partial charge in [-0.05, 0) is 24.6 Å². The summed E-state index contributed by atoms with van der Waals surface area (Å²) in [6.07, 6.45) is -2.42. The van der Waals surface area contributed by atoms with Crippen LogP contribution in [0.3, 0.4) is 0 Å². The number of halogens is 4. The third-order valence-corrected chi connectivity index (χ3v) is 3.25. The van der Waals surface area contributed by atoms with Crippen LogP contribution in [0.2, 0.25) is 5.02 Å². The molecular weight excluding hydrogens is 347 g/mol. The smallest absolute Gasteiger partial charge is 0.385 e. The molecule has 0 aliphatic carbocycles. The van der Waals surface area contributed by atoms with Crippen molar-refractivity contribution in [2.45, 2.75) is 12.6 Å². The Balaban J connectivity index is 2.11. The normalized spacial score (nSPS) is 11.4. The van der Waals surface area contributed by atoms with Crippen molar-refractivity contribution in [3.05, 3.63) is 35.0 Å². The van der Waals surface area contributed by atoms with E-state index in [0.29, 0.717) is 13.2 Å². The van der Waals surface area contributed by atoms with Crippen LogP contribution in [0.15, 0.2) is 24.4 Å². The molecule has 24 heavy (non-hydrogen) atoms. The summed E-state index contributed by atoms with van der Waals surface area (Å²) < 4.78 is 43.2. The third-order valence-electron chi connectivity index (χ3n) is 2.92. The molecule has 2 rings (SSSR count). The second kappa shape index (κ2) is 8.11. The molecular formula is C14H15ClF3N5O. The summed E-state index contributed by atoms with van der Waals surface area (Å²) in [5.41, 5.74) is -0.730. The molecule has 1 aromatic heterocycles. The molecule has 0 aliphatic heterocycles. The number of rotatable bonds is 7. The molecule has 0 aliphatic rings. The molecule has 0 bridgehead atoms. The first-order chi connectivity index (χ1) is 11.4. The molecule has 1 aromatic carbocycles. The monoisotopic (exact) mass is 361 g/mol. The van der Waals surface area contributed by atoms with Gasteiger partial charge in [-0.15, -0.1) is 5.10 Å². The van der Waals surface area contributed by atoms with Crippen LogP contribution in [0.25, 0.3) is 0 Å². The van der Waals surface area contributed by atoms with Crippen LogP contribution in [-0.4, -0.2) is 35.4 Å². The minimum atomic E-state index is -4.46. The van der Waals surface area contributed by atoms with Gasteiger partial charge in [-0.25, -0.2) is 0 Å². The van der Waals surface area contributed by atoms with Gasteiger partial charge in [0.15, 0.2) is 5.82 Å². The minimum Gasteiger partial charge on any atom is -0.385 e. The van der Waals surface area contributed by atoms with Crippen molar-refractivity contribution in [3.8, 4) is 0 Å². The second-order valence-electron chi connectivity index (χ2n) is 4.76. The van der Waals surface area contributed by atoms with Crippen molar-refractivity contribution in [2.75, 3.05) is 30.9 Å². The van der Waals surface area contributed by atoms with Crippen LogP contribution in [0.5, 0.6) is 0 Å². The van der Waals surface area contributed by atoms with Crippen molar-refractivity contribution < 1.29 is 17.9 Å². The van der Waals surface area contributed by atoms with Crippen molar-refractivity contribution in [3.63, 3.8) is 0 Å². The maximum Gasteiger partial charge on any atom is 0.416 e. The summed E-state index contributed by atoms with van der Waals surface area (Å²) in [7, 11) is 1.60. The molecule has 2 N–H and O–H groups in total. The highest BCUT2D eigenvalue weighted by Crippen LogP contribution is 2.34. The maximum absolute atomic E-state index is 12.8. The molecule has 10 heteroatoms. The molecule has 0 saturated heterocycles. The van der Waals surface area contributed by atoms with E-state index in [2.05, 4.69) is 25.8 Å². The first kappa shape index (κ1) is 18.2. The van der Waals surface area contributed by atoms with Gasteiger partial charge in [0.1, 0.15) is 0 Å². The van der Waals surface area contributed by atoms with Gasteiger partial charge in [-0.3, -0.25) is 0 Å². The lowest BCUT2D eigenvalue weighted by molar-refractivity contribution is -0.137.